The Bertz CT molecular complexity index is 646. The highest BCUT2D eigenvalue weighted by Crippen LogP contribution is 2.31. The van der Waals surface area contributed by atoms with Crippen LogP contribution in [-0.2, 0) is 4.74 Å². The zero-order valence-electron chi connectivity index (χ0n) is 10.2. The van der Waals surface area contributed by atoms with E-state index in [0.717, 1.165) is 6.33 Å². The van der Waals surface area contributed by atoms with Gasteiger partial charge in [0.15, 0.2) is 5.82 Å². The summed E-state index contributed by atoms with van der Waals surface area (Å²) in [5.74, 6) is -0.00417. The maximum atomic E-state index is 11.8. The summed E-state index contributed by atoms with van der Waals surface area (Å²) < 4.78 is 7.05. The first-order valence-electron chi connectivity index (χ1n) is 5.87. The highest BCUT2D eigenvalue weighted by Gasteiger charge is 2.47. The average molecular weight is 283 g/mol. The second kappa shape index (κ2) is 4.52. The number of imidazole rings is 1. The van der Waals surface area contributed by atoms with Crippen LogP contribution in [0.5, 0.6) is 0 Å². The van der Waals surface area contributed by atoms with Gasteiger partial charge < -0.3 is 31.0 Å². The molecule has 1 fully saturated rings. The highest BCUT2D eigenvalue weighted by atomic mass is 16.6. The number of nitrogen functional groups attached to an aromatic ring is 1. The number of ether oxygens (including phenoxy) is 1. The van der Waals surface area contributed by atoms with Gasteiger partial charge in [0, 0.05) is 0 Å². The molecule has 0 saturated carbocycles. The summed E-state index contributed by atoms with van der Waals surface area (Å²) >= 11 is 0. The fourth-order valence-corrected chi connectivity index (χ4v) is 2.30. The number of anilines is 1. The van der Waals surface area contributed by atoms with Crippen LogP contribution in [0.1, 0.15) is 6.23 Å². The first kappa shape index (κ1) is 13.0. The number of aliphatic hydroxyl groups excluding tert-OH is 3. The molecule has 108 valence electrons. The normalized spacial score (nSPS) is 30.1. The van der Waals surface area contributed by atoms with E-state index in [-0.39, 0.29) is 17.0 Å². The van der Waals surface area contributed by atoms with Crippen LogP contribution in [0.25, 0.3) is 11.2 Å². The largest absolute Gasteiger partial charge is 0.710 e. The Hall–Kier alpha value is -2.01. The summed E-state index contributed by atoms with van der Waals surface area (Å²) in [6.45, 7) is -0.456. The Balaban J connectivity index is 2.10. The minimum absolute atomic E-state index is 0.00417. The third-order valence-electron chi connectivity index (χ3n) is 3.32. The molecule has 3 rings (SSSR count). The molecule has 4 atom stereocenters. The minimum Gasteiger partial charge on any atom is -0.710 e. The topological polar surface area (TPSA) is 154 Å². The van der Waals surface area contributed by atoms with Crippen molar-refractivity contribution in [1.29, 1.82) is 0 Å². The summed E-state index contributed by atoms with van der Waals surface area (Å²) in [7, 11) is 0. The van der Waals surface area contributed by atoms with Crippen molar-refractivity contribution in [2.75, 3.05) is 12.3 Å². The molecule has 5 N–H and O–H groups in total. The molecule has 0 unspecified atom stereocenters. The Labute approximate surface area is 112 Å². The molecule has 1 saturated heterocycles. The van der Waals surface area contributed by atoms with Gasteiger partial charge in [0.25, 0.3) is 12.0 Å². The summed E-state index contributed by atoms with van der Waals surface area (Å²) in [5.41, 5.74) is 5.82. The van der Waals surface area contributed by atoms with E-state index in [2.05, 4.69) is 9.97 Å². The number of nitrogens with zero attached hydrogens (tertiary/aromatic N) is 4. The molecule has 0 radical (unpaired) electrons. The second-order valence-electron chi connectivity index (χ2n) is 4.51. The van der Waals surface area contributed by atoms with Crippen molar-refractivity contribution in [3.8, 4) is 0 Å². The van der Waals surface area contributed by atoms with E-state index < -0.39 is 31.1 Å². The van der Waals surface area contributed by atoms with Crippen molar-refractivity contribution in [2.45, 2.75) is 24.5 Å². The fraction of sp³-hybridized carbons (Fsp3) is 0.500. The lowest BCUT2D eigenvalue weighted by molar-refractivity contribution is -0.578. The third-order valence-corrected chi connectivity index (χ3v) is 3.32. The Morgan fingerprint density at radius 3 is 2.80 bits per heavy atom. The number of aromatic nitrogens is 4. The van der Waals surface area contributed by atoms with Crippen LogP contribution in [-0.4, -0.2) is 54.8 Å². The number of hydrogen-bond donors (Lipinski definition) is 4. The molecule has 0 amide bonds. The van der Waals surface area contributed by atoms with Crippen LogP contribution >= 0.6 is 0 Å². The summed E-state index contributed by atoms with van der Waals surface area (Å²) in [6.07, 6.45) is -2.28. The van der Waals surface area contributed by atoms with E-state index >= 15 is 0 Å². The maximum Gasteiger partial charge on any atom is 0.276 e. The van der Waals surface area contributed by atoms with E-state index in [1.165, 1.54) is 10.9 Å². The van der Waals surface area contributed by atoms with Crippen molar-refractivity contribution >= 4 is 17.0 Å². The van der Waals surface area contributed by atoms with Gasteiger partial charge in [-0.15, -0.1) is 0 Å². The molecule has 3 heterocycles. The van der Waals surface area contributed by atoms with Gasteiger partial charge in [0.05, 0.1) is 6.61 Å². The summed E-state index contributed by atoms with van der Waals surface area (Å²) in [4.78, 5) is 7.65. The standard InChI is InChI=1S/C10H13N5O5/c11-8-5-9(13-2-12-8)14(3-15(5)19)10-7(18)6(17)4(1-16)20-10/h2-4,6-7,10,16-18H,1H2,(H2,11,12,13)/t4-,6-,7-,10-/m1/s1. The van der Waals surface area contributed by atoms with Crippen LogP contribution in [0.3, 0.4) is 0 Å². The first-order chi connectivity index (χ1) is 9.54. The van der Waals surface area contributed by atoms with Gasteiger partial charge in [-0.25, -0.2) is 9.71 Å². The number of rotatable bonds is 2. The molecule has 10 nitrogen and oxygen atoms in total. The van der Waals surface area contributed by atoms with Crippen molar-refractivity contribution < 1.29 is 24.8 Å². The molecule has 10 heteroatoms. The zero-order chi connectivity index (χ0) is 14.4. The van der Waals surface area contributed by atoms with E-state index in [0.29, 0.717) is 4.73 Å². The smallest absolute Gasteiger partial charge is 0.276 e. The van der Waals surface area contributed by atoms with Gasteiger partial charge in [-0.05, 0) is 0 Å². The average Bonchev–Trinajstić information content (AvgIpc) is 2.90. The number of nitrogens with two attached hydrogens (primary N) is 1. The molecule has 0 spiro atoms. The monoisotopic (exact) mass is 283 g/mol. The predicted octanol–water partition coefficient (Wildman–Crippen LogP) is -2.74. The third kappa shape index (κ3) is 1.70. The van der Waals surface area contributed by atoms with Gasteiger partial charge in [0.1, 0.15) is 24.6 Å². The van der Waals surface area contributed by atoms with Crippen molar-refractivity contribution in [1.82, 2.24) is 14.5 Å². The van der Waals surface area contributed by atoms with Gasteiger partial charge in [-0.1, -0.05) is 0 Å². The van der Waals surface area contributed by atoms with Crippen LogP contribution in [0.4, 0.5) is 5.82 Å². The number of fused-ring (bicyclic) bond motifs is 1. The molecule has 0 bridgehead atoms. The van der Waals surface area contributed by atoms with Gasteiger partial charge in [-0.2, -0.15) is 9.55 Å². The summed E-state index contributed by atoms with van der Waals surface area (Å²) in [5, 5.41) is 40.6. The van der Waals surface area contributed by atoms with Gasteiger partial charge >= 0.3 is 0 Å². The van der Waals surface area contributed by atoms with Crippen molar-refractivity contribution in [3.63, 3.8) is 0 Å². The lowest BCUT2D eigenvalue weighted by atomic mass is 10.1. The number of aliphatic hydroxyl groups is 3. The lowest BCUT2D eigenvalue weighted by Gasteiger charge is -2.11. The van der Waals surface area contributed by atoms with E-state index in [1.54, 1.807) is 0 Å². The minimum atomic E-state index is -1.31. The molecule has 2 aromatic heterocycles. The number of hydrogen-bond acceptors (Lipinski definition) is 8. The Morgan fingerprint density at radius 2 is 2.15 bits per heavy atom. The molecular weight excluding hydrogens is 270 g/mol. The molecule has 1 aliphatic heterocycles. The van der Waals surface area contributed by atoms with Crippen LogP contribution in [0.2, 0.25) is 0 Å². The second-order valence-corrected chi connectivity index (χ2v) is 4.51. The van der Waals surface area contributed by atoms with E-state index in [9.17, 15) is 15.4 Å². The Morgan fingerprint density at radius 1 is 1.40 bits per heavy atom. The van der Waals surface area contributed by atoms with Crippen molar-refractivity contribution in [2.24, 2.45) is 0 Å². The molecular formula is C10H13N5O5. The predicted molar refractivity (Wildman–Crippen MR) is 63.9 cm³/mol. The first-order valence-corrected chi connectivity index (χ1v) is 5.87. The molecule has 0 aliphatic carbocycles. The highest BCUT2D eigenvalue weighted by molar-refractivity contribution is 5.77. The zero-order valence-corrected chi connectivity index (χ0v) is 10.2. The SMILES string of the molecule is Nc1ncnc2c1[n+]([O-])cn2[C@@H]1O[C@H](CO)[C@@H](O)[C@H]1O. The summed E-state index contributed by atoms with van der Waals surface area (Å²) in [6, 6.07) is 0. The quantitative estimate of drug-likeness (QED) is 0.342. The van der Waals surface area contributed by atoms with Gasteiger partial charge in [0.2, 0.25) is 11.7 Å². The van der Waals surface area contributed by atoms with Gasteiger partial charge in [-0.3, -0.25) is 0 Å². The molecule has 0 aromatic carbocycles. The maximum absolute atomic E-state index is 11.8. The van der Waals surface area contributed by atoms with Crippen LogP contribution < -0.4 is 10.5 Å². The van der Waals surface area contributed by atoms with Crippen LogP contribution in [0.15, 0.2) is 12.7 Å². The molecule has 1 aliphatic rings. The van der Waals surface area contributed by atoms with Crippen LogP contribution in [0, 0.1) is 5.21 Å². The van der Waals surface area contributed by atoms with E-state index in [1.807, 2.05) is 0 Å². The lowest BCUT2D eigenvalue weighted by Crippen LogP contribution is -2.33. The molecule has 20 heavy (non-hydrogen) atoms. The van der Waals surface area contributed by atoms with Crippen molar-refractivity contribution in [3.05, 3.63) is 17.9 Å². The van der Waals surface area contributed by atoms with E-state index in [4.69, 9.17) is 15.6 Å². The molecule has 2 aromatic rings. The fourth-order valence-electron chi connectivity index (χ4n) is 2.30. The Kier molecular flexibility index (Phi) is 2.94.